The van der Waals surface area contributed by atoms with Crippen molar-refractivity contribution in [2.75, 3.05) is 0 Å². The molecule has 13 heteroatoms. The highest BCUT2D eigenvalue weighted by molar-refractivity contribution is 7.07. The molecule has 3 aromatic carbocycles. The predicted molar refractivity (Wildman–Crippen MR) is 158 cm³/mol. The highest BCUT2D eigenvalue weighted by Crippen LogP contribution is 2.25. The molecule has 1 N–H and O–H groups in total. The van der Waals surface area contributed by atoms with E-state index in [0.717, 1.165) is 22.4 Å². The first-order chi connectivity index (χ1) is 20.6. The van der Waals surface area contributed by atoms with Gasteiger partial charge < -0.3 is 4.74 Å². The molecule has 0 saturated heterocycles. The lowest BCUT2D eigenvalue weighted by Crippen LogP contribution is -2.21. The first-order valence-corrected chi connectivity index (χ1v) is 14.0. The summed E-state index contributed by atoms with van der Waals surface area (Å²) in [5, 5.41) is 10.3. The number of alkyl halides is 3. The summed E-state index contributed by atoms with van der Waals surface area (Å²) in [6.45, 7) is 6.27. The Hall–Kier alpha value is -5.04. The van der Waals surface area contributed by atoms with E-state index in [-0.39, 0.29) is 5.75 Å². The van der Waals surface area contributed by atoms with Crippen molar-refractivity contribution in [2.24, 2.45) is 10.1 Å². The summed E-state index contributed by atoms with van der Waals surface area (Å²) in [6, 6.07) is 18.1. The SMILES string of the molecule is Cc1ccc(C(C)C)c(-n2ccsc2=NC(=O)N/N=C/c2ccc(-c3ncn(-c4ccc(OC(F)(F)F)cc4)n3)cc2)c1. The van der Waals surface area contributed by atoms with E-state index in [2.05, 4.69) is 62.4 Å². The van der Waals surface area contributed by atoms with Crippen molar-refractivity contribution in [3.63, 3.8) is 0 Å². The Morgan fingerprint density at radius 2 is 1.81 bits per heavy atom. The molecular weight excluding hydrogens is 579 g/mol. The number of ether oxygens (including phenoxy) is 1. The number of aryl methyl sites for hydroxylation is 1. The van der Waals surface area contributed by atoms with Crippen molar-refractivity contribution in [1.29, 1.82) is 0 Å². The molecule has 0 saturated carbocycles. The molecular formula is C30H26F3N7O2S. The van der Waals surface area contributed by atoms with Gasteiger partial charge in [0.25, 0.3) is 0 Å². The molecule has 5 aromatic rings. The lowest BCUT2D eigenvalue weighted by Gasteiger charge is -2.14. The second-order valence-electron chi connectivity index (χ2n) is 9.74. The van der Waals surface area contributed by atoms with Gasteiger partial charge in [0.05, 0.1) is 17.6 Å². The number of thiazole rings is 1. The molecule has 9 nitrogen and oxygen atoms in total. The van der Waals surface area contributed by atoms with Crippen molar-refractivity contribution < 1.29 is 22.7 Å². The van der Waals surface area contributed by atoms with Crippen molar-refractivity contribution in [3.8, 4) is 28.5 Å². The fourth-order valence-corrected chi connectivity index (χ4v) is 4.91. The summed E-state index contributed by atoms with van der Waals surface area (Å²) in [5.41, 5.74) is 7.64. The summed E-state index contributed by atoms with van der Waals surface area (Å²) >= 11 is 1.35. The van der Waals surface area contributed by atoms with Crippen LogP contribution >= 0.6 is 11.3 Å². The largest absolute Gasteiger partial charge is 0.573 e. The third-order valence-electron chi connectivity index (χ3n) is 6.22. The number of urea groups is 1. The second-order valence-corrected chi connectivity index (χ2v) is 10.6. The molecule has 43 heavy (non-hydrogen) atoms. The standard InChI is InChI=1S/C30H26F3N7O2S/c1-19(2)25-13-4-20(3)16-26(25)39-14-15-43-29(39)36-28(41)37-35-17-21-5-7-22(8-6-21)27-34-18-40(38-27)23-9-11-24(12-10-23)42-30(31,32)33/h4-19H,1-3H3,(H,37,41)/b35-17+,36-29?. The van der Waals surface area contributed by atoms with Gasteiger partial charge in [-0.1, -0.05) is 50.2 Å². The third-order valence-corrected chi connectivity index (χ3v) is 6.98. The smallest absolute Gasteiger partial charge is 0.406 e. The van der Waals surface area contributed by atoms with E-state index >= 15 is 0 Å². The summed E-state index contributed by atoms with van der Waals surface area (Å²) in [4.78, 5) is 21.5. The zero-order valence-corrected chi connectivity index (χ0v) is 24.1. The zero-order valence-electron chi connectivity index (χ0n) is 23.3. The van der Waals surface area contributed by atoms with Crippen LogP contribution in [-0.4, -0.2) is 37.9 Å². The Morgan fingerprint density at radius 3 is 2.51 bits per heavy atom. The van der Waals surface area contributed by atoms with E-state index in [1.54, 1.807) is 24.3 Å². The molecule has 5 rings (SSSR count). The van der Waals surface area contributed by atoms with Crippen LogP contribution in [0.4, 0.5) is 18.0 Å². The van der Waals surface area contributed by atoms with Crippen molar-refractivity contribution in [2.45, 2.75) is 33.1 Å². The van der Waals surface area contributed by atoms with Crippen LogP contribution < -0.4 is 15.0 Å². The minimum Gasteiger partial charge on any atom is -0.406 e. The van der Waals surface area contributed by atoms with Gasteiger partial charge in [0, 0.05) is 17.1 Å². The summed E-state index contributed by atoms with van der Waals surface area (Å²) in [6.07, 6.45) is 0.0905. The van der Waals surface area contributed by atoms with E-state index in [1.807, 2.05) is 23.1 Å². The van der Waals surface area contributed by atoms with E-state index in [0.29, 0.717) is 27.8 Å². The van der Waals surface area contributed by atoms with Gasteiger partial charge in [-0.25, -0.2) is 19.9 Å². The number of nitrogens with one attached hydrogen (secondary N) is 1. The number of hydrazone groups is 1. The average Bonchev–Trinajstić information content (AvgIpc) is 3.63. The molecule has 0 unspecified atom stereocenters. The Morgan fingerprint density at radius 1 is 1.07 bits per heavy atom. The zero-order chi connectivity index (χ0) is 30.6. The number of rotatable bonds is 7. The fourth-order valence-electron chi connectivity index (χ4n) is 4.20. The molecule has 0 bridgehead atoms. The normalized spacial score (nSPS) is 12.3. The van der Waals surface area contributed by atoms with Gasteiger partial charge in [-0.2, -0.15) is 10.1 Å². The highest BCUT2D eigenvalue weighted by atomic mass is 32.1. The Bertz CT molecular complexity index is 1820. The first kappa shape index (κ1) is 29.5. The lowest BCUT2D eigenvalue weighted by atomic mass is 9.99. The summed E-state index contributed by atoms with van der Waals surface area (Å²) in [5.74, 6) is 0.399. The van der Waals surface area contributed by atoms with Gasteiger partial charge in [0.1, 0.15) is 12.1 Å². The van der Waals surface area contributed by atoms with Gasteiger partial charge in [0.15, 0.2) is 10.6 Å². The molecule has 2 amide bonds. The molecule has 0 aliphatic rings. The number of carbonyl (C=O) groups is 1. The van der Waals surface area contributed by atoms with E-state index < -0.39 is 12.4 Å². The van der Waals surface area contributed by atoms with Crippen molar-refractivity contribution in [1.82, 2.24) is 24.8 Å². The molecule has 220 valence electrons. The summed E-state index contributed by atoms with van der Waals surface area (Å²) in [7, 11) is 0. The summed E-state index contributed by atoms with van der Waals surface area (Å²) < 4.78 is 44.4. The quantitative estimate of drug-likeness (QED) is 0.164. The maximum Gasteiger partial charge on any atom is 0.573 e. The Kier molecular flexibility index (Phi) is 8.53. The van der Waals surface area contributed by atoms with Crippen LogP contribution in [0.1, 0.15) is 36.5 Å². The Labute approximate surface area is 248 Å². The maximum absolute atomic E-state index is 12.5. The number of benzene rings is 3. The van der Waals surface area contributed by atoms with Gasteiger partial charge in [0.2, 0.25) is 0 Å². The maximum atomic E-state index is 12.5. The molecule has 2 heterocycles. The number of hydrogen-bond donors (Lipinski definition) is 1. The number of amides is 2. The Balaban J connectivity index is 1.23. The molecule has 0 fully saturated rings. The highest BCUT2D eigenvalue weighted by Gasteiger charge is 2.31. The van der Waals surface area contributed by atoms with E-state index in [1.165, 1.54) is 52.8 Å². The molecule has 0 aliphatic carbocycles. The molecule has 0 spiro atoms. The van der Waals surface area contributed by atoms with Crippen molar-refractivity contribution in [3.05, 3.63) is 106 Å². The van der Waals surface area contributed by atoms with Crippen LogP contribution in [0.5, 0.6) is 5.75 Å². The third kappa shape index (κ3) is 7.43. The van der Waals surface area contributed by atoms with Crippen LogP contribution in [-0.2, 0) is 0 Å². The molecule has 0 radical (unpaired) electrons. The number of nitrogens with zero attached hydrogens (tertiary/aromatic N) is 6. The van der Waals surface area contributed by atoms with Gasteiger partial charge in [-0.15, -0.1) is 29.6 Å². The second kappa shape index (κ2) is 12.4. The van der Waals surface area contributed by atoms with E-state index in [9.17, 15) is 18.0 Å². The minimum absolute atomic E-state index is 0.301. The predicted octanol–water partition coefficient (Wildman–Crippen LogP) is 6.76. The number of halogens is 3. The first-order valence-electron chi connectivity index (χ1n) is 13.1. The molecule has 0 aliphatic heterocycles. The van der Waals surface area contributed by atoms with Gasteiger partial charge in [-0.05, 0) is 59.9 Å². The lowest BCUT2D eigenvalue weighted by molar-refractivity contribution is -0.274. The topological polar surface area (TPSA) is 98.7 Å². The fraction of sp³-hybridized carbons (Fsp3) is 0.167. The van der Waals surface area contributed by atoms with Crippen LogP contribution in [0.2, 0.25) is 0 Å². The minimum atomic E-state index is -4.76. The van der Waals surface area contributed by atoms with Crippen LogP contribution in [0.15, 0.2) is 94.7 Å². The molecule has 0 atom stereocenters. The van der Waals surface area contributed by atoms with E-state index in [4.69, 9.17) is 0 Å². The average molecular weight is 606 g/mol. The number of hydrogen-bond acceptors (Lipinski definition) is 6. The van der Waals surface area contributed by atoms with Gasteiger partial charge >= 0.3 is 12.4 Å². The van der Waals surface area contributed by atoms with Crippen LogP contribution in [0, 0.1) is 6.92 Å². The van der Waals surface area contributed by atoms with Crippen LogP contribution in [0.25, 0.3) is 22.8 Å². The van der Waals surface area contributed by atoms with Gasteiger partial charge in [-0.3, -0.25) is 4.57 Å². The monoisotopic (exact) mass is 605 g/mol. The molecule has 2 aromatic heterocycles. The number of carbonyl (C=O) groups excluding carboxylic acids is 1. The van der Waals surface area contributed by atoms with Crippen LogP contribution in [0.3, 0.4) is 0 Å². The number of aromatic nitrogens is 4. The van der Waals surface area contributed by atoms with Crippen molar-refractivity contribution >= 4 is 23.6 Å².